The Hall–Kier alpha value is -3.38. The molecule has 1 saturated heterocycles. The minimum Gasteiger partial charge on any atom is -0.457 e. The number of para-hydroxylation sites is 1. The van der Waals surface area contributed by atoms with Gasteiger partial charge in [0.05, 0.1) is 11.6 Å². The summed E-state index contributed by atoms with van der Waals surface area (Å²) in [7, 11) is 0. The summed E-state index contributed by atoms with van der Waals surface area (Å²) in [5, 5.41) is 0. The molecule has 6 heteroatoms. The second kappa shape index (κ2) is 7.71. The molecule has 0 atom stereocenters. The third-order valence-corrected chi connectivity index (χ3v) is 5.69. The van der Waals surface area contributed by atoms with E-state index in [2.05, 4.69) is 46.4 Å². The molecule has 6 nitrogen and oxygen atoms in total. The Labute approximate surface area is 182 Å². The first-order valence-electron chi connectivity index (χ1n) is 10.5. The number of hydrogen-bond donors (Lipinski definition) is 0. The first-order chi connectivity index (χ1) is 15.0. The molecule has 1 fully saturated rings. The summed E-state index contributed by atoms with van der Waals surface area (Å²) in [5.74, 6) is 2.84. The quantitative estimate of drug-likeness (QED) is 0.421. The molecular weight excluding hydrogens is 388 g/mol. The number of hydrogen-bond acceptors (Lipinski definition) is 5. The molecule has 0 saturated carbocycles. The van der Waals surface area contributed by atoms with Crippen molar-refractivity contribution < 1.29 is 9.47 Å². The zero-order valence-electron chi connectivity index (χ0n) is 18.0. The summed E-state index contributed by atoms with van der Waals surface area (Å²) in [6, 6.07) is 19.7. The molecule has 31 heavy (non-hydrogen) atoms. The molecule has 158 valence electrons. The Bertz CT molecular complexity index is 1170. The predicted octanol–water partition coefficient (Wildman–Crippen LogP) is 5.67. The van der Waals surface area contributed by atoms with Crippen LogP contribution in [0.4, 0.5) is 0 Å². The molecule has 0 bridgehead atoms. The maximum Gasteiger partial charge on any atom is 0.247 e. The molecule has 0 aliphatic carbocycles. The summed E-state index contributed by atoms with van der Waals surface area (Å²) in [4.78, 5) is 11.3. The van der Waals surface area contributed by atoms with Gasteiger partial charge in [-0.1, -0.05) is 18.2 Å². The molecule has 1 aliphatic heterocycles. The lowest BCUT2D eigenvalue weighted by Crippen LogP contribution is -2.56. The van der Waals surface area contributed by atoms with Crippen LogP contribution in [0.15, 0.2) is 73.2 Å². The molecule has 4 aromatic rings. The van der Waals surface area contributed by atoms with Crippen LogP contribution in [0.3, 0.4) is 0 Å². The van der Waals surface area contributed by atoms with Gasteiger partial charge in [0, 0.05) is 24.8 Å². The topological polar surface area (TPSA) is 52.4 Å². The molecule has 0 spiro atoms. The van der Waals surface area contributed by atoms with E-state index in [0.29, 0.717) is 17.7 Å². The lowest BCUT2D eigenvalue weighted by Gasteiger charge is -2.48. The molecule has 5 rings (SSSR count). The van der Waals surface area contributed by atoms with Crippen LogP contribution in [-0.4, -0.2) is 38.1 Å². The van der Waals surface area contributed by atoms with Crippen LogP contribution >= 0.6 is 0 Å². The van der Waals surface area contributed by atoms with Crippen LogP contribution in [0.2, 0.25) is 0 Å². The van der Waals surface area contributed by atoms with E-state index in [4.69, 9.17) is 9.47 Å². The highest BCUT2D eigenvalue weighted by atomic mass is 16.5. The standard InChI is InChI=1S/C25H26N4O2/c1-25(2,3)28-15-18(16-28)29-14-13-22-23(29)24(27-17-26-22)31-21-11-9-20(10-12-21)30-19-7-5-4-6-8-19/h4-14,17-18H,15-16H2,1-3H3. The second-order valence-corrected chi connectivity index (χ2v) is 8.85. The number of likely N-dealkylation sites (tertiary alicyclic amines) is 1. The fourth-order valence-electron chi connectivity index (χ4n) is 3.84. The Morgan fingerprint density at radius 2 is 1.45 bits per heavy atom. The van der Waals surface area contributed by atoms with Gasteiger partial charge in [-0.2, -0.15) is 4.98 Å². The summed E-state index contributed by atoms with van der Waals surface area (Å²) >= 11 is 0. The number of rotatable bonds is 5. The van der Waals surface area contributed by atoms with Gasteiger partial charge in [-0.25, -0.2) is 4.98 Å². The zero-order valence-corrected chi connectivity index (χ0v) is 18.0. The van der Waals surface area contributed by atoms with E-state index in [1.165, 1.54) is 0 Å². The Balaban J connectivity index is 1.35. The summed E-state index contributed by atoms with van der Waals surface area (Å²) < 4.78 is 14.3. The van der Waals surface area contributed by atoms with E-state index in [9.17, 15) is 0 Å². The molecule has 0 N–H and O–H groups in total. The van der Waals surface area contributed by atoms with Crippen molar-refractivity contribution >= 4 is 11.0 Å². The van der Waals surface area contributed by atoms with E-state index in [1.54, 1.807) is 6.33 Å². The van der Waals surface area contributed by atoms with E-state index in [-0.39, 0.29) is 5.54 Å². The van der Waals surface area contributed by atoms with E-state index in [0.717, 1.165) is 35.6 Å². The van der Waals surface area contributed by atoms with Gasteiger partial charge in [-0.15, -0.1) is 0 Å². The third-order valence-electron chi connectivity index (χ3n) is 5.69. The van der Waals surface area contributed by atoms with Crippen LogP contribution < -0.4 is 9.47 Å². The van der Waals surface area contributed by atoms with Crippen LogP contribution in [0.5, 0.6) is 23.1 Å². The van der Waals surface area contributed by atoms with Gasteiger partial charge in [0.2, 0.25) is 5.88 Å². The van der Waals surface area contributed by atoms with Gasteiger partial charge in [-0.05, 0) is 63.2 Å². The number of aromatic nitrogens is 3. The van der Waals surface area contributed by atoms with Crippen molar-refractivity contribution in [3.63, 3.8) is 0 Å². The number of nitrogens with zero attached hydrogens (tertiary/aromatic N) is 4. The van der Waals surface area contributed by atoms with Crippen molar-refractivity contribution in [1.29, 1.82) is 0 Å². The fraction of sp³-hybridized carbons (Fsp3) is 0.280. The van der Waals surface area contributed by atoms with Crippen LogP contribution in [0.25, 0.3) is 11.0 Å². The predicted molar refractivity (Wildman–Crippen MR) is 121 cm³/mol. The van der Waals surface area contributed by atoms with Gasteiger partial charge >= 0.3 is 0 Å². The Morgan fingerprint density at radius 3 is 2.13 bits per heavy atom. The summed E-state index contributed by atoms with van der Waals surface area (Å²) in [6.07, 6.45) is 3.64. The average Bonchev–Trinajstić information content (AvgIpc) is 3.13. The maximum atomic E-state index is 6.17. The van der Waals surface area contributed by atoms with Crippen molar-refractivity contribution in [2.75, 3.05) is 13.1 Å². The highest BCUT2D eigenvalue weighted by Crippen LogP contribution is 2.35. The van der Waals surface area contributed by atoms with E-state index in [1.807, 2.05) is 60.7 Å². The van der Waals surface area contributed by atoms with Gasteiger partial charge < -0.3 is 14.0 Å². The van der Waals surface area contributed by atoms with E-state index < -0.39 is 0 Å². The first kappa shape index (κ1) is 19.6. The summed E-state index contributed by atoms with van der Waals surface area (Å²) in [5.41, 5.74) is 2.01. The second-order valence-electron chi connectivity index (χ2n) is 8.85. The number of benzene rings is 2. The van der Waals surface area contributed by atoms with Crippen LogP contribution in [0.1, 0.15) is 26.8 Å². The van der Waals surface area contributed by atoms with Crippen LogP contribution in [-0.2, 0) is 0 Å². The zero-order chi connectivity index (χ0) is 21.4. The molecule has 0 amide bonds. The third kappa shape index (κ3) is 3.99. The van der Waals surface area contributed by atoms with Gasteiger partial charge in [0.1, 0.15) is 29.1 Å². The lowest BCUT2D eigenvalue weighted by molar-refractivity contribution is 0.0220. The molecule has 3 heterocycles. The summed E-state index contributed by atoms with van der Waals surface area (Å²) in [6.45, 7) is 8.76. The largest absolute Gasteiger partial charge is 0.457 e. The highest BCUT2D eigenvalue weighted by molar-refractivity contribution is 5.81. The van der Waals surface area contributed by atoms with Gasteiger partial charge in [0.15, 0.2) is 0 Å². The monoisotopic (exact) mass is 414 g/mol. The average molecular weight is 415 g/mol. The number of ether oxygens (including phenoxy) is 2. The van der Waals surface area contributed by atoms with Gasteiger partial charge in [-0.3, -0.25) is 4.90 Å². The van der Waals surface area contributed by atoms with Crippen molar-refractivity contribution in [2.45, 2.75) is 32.4 Å². The molecule has 0 unspecified atom stereocenters. The molecule has 1 aliphatic rings. The molecule has 0 radical (unpaired) electrons. The van der Waals surface area contributed by atoms with Gasteiger partial charge in [0.25, 0.3) is 0 Å². The minimum absolute atomic E-state index is 0.179. The number of fused-ring (bicyclic) bond motifs is 1. The molecule has 2 aromatic carbocycles. The normalized spacial score (nSPS) is 15.1. The van der Waals surface area contributed by atoms with Crippen molar-refractivity contribution in [1.82, 2.24) is 19.4 Å². The Kier molecular flexibility index (Phi) is 4.87. The minimum atomic E-state index is 0.179. The fourth-order valence-corrected chi connectivity index (χ4v) is 3.84. The first-order valence-corrected chi connectivity index (χ1v) is 10.5. The van der Waals surface area contributed by atoms with E-state index >= 15 is 0 Å². The molecular formula is C25H26N4O2. The van der Waals surface area contributed by atoms with Crippen molar-refractivity contribution in [3.8, 4) is 23.1 Å². The Morgan fingerprint density at radius 1 is 0.806 bits per heavy atom. The smallest absolute Gasteiger partial charge is 0.247 e. The molecule has 2 aromatic heterocycles. The van der Waals surface area contributed by atoms with Crippen molar-refractivity contribution in [2.24, 2.45) is 0 Å². The maximum absolute atomic E-state index is 6.17. The van der Waals surface area contributed by atoms with Crippen LogP contribution in [0, 0.1) is 0 Å². The lowest BCUT2D eigenvalue weighted by atomic mass is 9.97. The highest BCUT2D eigenvalue weighted by Gasteiger charge is 2.36. The van der Waals surface area contributed by atoms with Crippen molar-refractivity contribution in [3.05, 3.63) is 73.2 Å². The SMILES string of the molecule is CC(C)(C)N1CC(n2ccc3ncnc(Oc4ccc(Oc5ccccc5)cc4)c32)C1.